The Hall–Kier alpha value is -2.25. The number of rotatable bonds is 2. The Labute approximate surface area is 150 Å². The topological polar surface area (TPSA) is 62.7 Å². The Bertz CT molecular complexity index is 765. The average molecular weight is 357 g/mol. The maximum atomic E-state index is 12.7. The van der Waals surface area contributed by atoms with Crippen molar-refractivity contribution >= 4 is 28.8 Å². The highest BCUT2D eigenvalue weighted by atomic mass is 32.1. The summed E-state index contributed by atoms with van der Waals surface area (Å²) in [4.78, 5) is 33.2. The van der Waals surface area contributed by atoms with Crippen LogP contribution in [-0.2, 0) is 9.53 Å². The van der Waals surface area contributed by atoms with Crippen LogP contribution in [0.3, 0.4) is 0 Å². The van der Waals surface area contributed by atoms with Gasteiger partial charge in [0.2, 0.25) is 0 Å². The zero-order chi connectivity index (χ0) is 17.3. The number of hydrogen-bond donors (Lipinski definition) is 0. The Morgan fingerprint density at radius 1 is 1.24 bits per heavy atom. The summed E-state index contributed by atoms with van der Waals surface area (Å²) in [6.45, 7) is 1.74. The van der Waals surface area contributed by atoms with Gasteiger partial charge in [-0.25, -0.2) is 0 Å². The lowest BCUT2D eigenvalue weighted by Gasteiger charge is -2.47. The number of nitrogens with zero attached hydrogens (tertiary/aromatic N) is 3. The van der Waals surface area contributed by atoms with E-state index in [0.717, 1.165) is 18.5 Å². The zero-order valence-corrected chi connectivity index (χ0v) is 14.6. The fourth-order valence-corrected chi connectivity index (χ4v) is 4.14. The Morgan fingerprint density at radius 3 is 2.84 bits per heavy atom. The number of piperidine rings is 1. The minimum absolute atomic E-state index is 0.00617. The molecule has 1 atom stereocenters. The largest absolute Gasteiger partial charge is 0.361 e. The third kappa shape index (κ3) is 3.17. The van der Waals surface area contributed by atoms with Crippen LogP contribution in [-0.4, -0.2) is 53.5 Å². The molecule has 1 unspecified atom stereocenters. The van der Waals surface area contributed by atoms with E-state index in [1.165, 1.54) is 11.3 Å². The maximum absolute atomic E-state index is 12.7. The number of amides is 2. The fraction of sp³-hybridized carbons (Fsp3) is 0.389. The highest BCUT2D eigenvalue weighted by Crippen LogP contribution is 2.32. The second-order valence-electron chi connectivity index (χ2n) is 6.48. The molecule has 130 valence electrons. The van der Waals surface area contributed by atoms with Crippen molar-refractivity contribution in [1.29, 1.82) is 0 Å². The first-order valence-electron chi connectivity index (χ1n) is 8.34. The van der Waals surface area contributed by atoms with Crippen molar-refractivity contribution in [2.45, 2.75) is 18.4 Å². The van der Waals surface area contributed by atoms with E-state index in [2.05, 4.69) is 4.98 Å². The highest BCUT2D eigenvalue weighted by molar-refractivity contribution is 7.11. The van der Waals surface area contributed by atoms with Gasteiger partial charge in [0.05, 0.1) is 24.8 Å². The SMILES string of the molecule is O=C(c1cncs1)N1CCCC2(C1)CN(c1ccccc1)C(=O)CO2. The third-order valence-corrected chi connectivity index (χ3v) is 5.55. The van der Waals surface area contributed by atoms with Gasteiger partial charge >= 0.3 is 0 Å². The van der Waals surface area contributed by atoms with Gasteiger partial charge in [-0.15, -0.1) is 11.3 Å². The average Bonchev–Trinajstić information content (AvgIpc) is 3.19. The number of carbonyl (C=O) groups is 2. The van der Waals surface area contributed by atoms with Crippen LogP contribution in [0.4, 0.5) is 5.69 Å². The number of hydrogen-bond acceptors (Lipinski definition) is 5. The fourth-order valence-electron chi connectivity index (χ4n) is 3.55. The summed E-state index contributed by atoms with van der Waals surface area (Å²) < 4.78 is 5.97. The lowest BCUT2D eigenvalue weighted by molar-refractivity contribution is -0.144. The molecule has 0 radical (unpaired) electrons. The molecule has 2 aromatic rings. The standard InChI is InChI=1S/C18H19N3O3S/c22-16-10-24-18(12-21(16)14-5-2-1-3-6-14)7-4-8-20(11-18)17(23)15-9-19-13-25-15/h1-3,5-6,9,13H,4,7-8,10-12H2. The number of thiazole rings is 1. The van der Waals surface area contributed by atoms with Crippen LogP contribution in [0.15, 0.2) is 42.0 Å². The molecule has 0 saturated carbocycles. The second kappa shape index (κ2) is 6.57. The molecular weight excluding hydrogens is 338 g/mol. The molecule has 1 aromatic carbocycles. The molecular formula is C18H19N3O3S. The van der Waals surface area contributed by atoms with Gasteiger partial charge in [0.25, 0.3) is 11.8 Å². The maximum Gasteiger partial charge on any atom is 0.265 e. The molecule has 7 heteroatoms. The van der Waals surface area contributed by atoms with Crippen molar-refractivity contribution in [2.75, 3.05) is 31.1 Å². The number of morpholine rings is 1. The van der Waals surface area contributed by atoms with E-state index in [9.17, 15) is 9.59 Å². The summed E-state index contributed by atoms with van der Waals surface area (Å²) in [5.74, 6) is -0.0453. The van der Waals surface area contributed by atoms with Crippen LogP contribution < -0.4 is 4.90 Å². The van der Waals surface area contributed by atoms with Crippen LogP contribution in [0, 0.1) is 0 Å². The smallest absolute Gasteiger partial charge is 0.265 e. The van der Waals surface area contributed by atoms with Crippen molar-refractivity contribution < 1.29 is 14.3 Å². The molecule has 0 N–H and O–H groups in total. The van der Waals surface area contributed by atoms with Crippen molar-refractivity contribution in [3.05, 3.63) is 46.9 Å². The molecule has 1 aromatic heterocycles. The van der Waals surface area contributed by atoms with Gasteiger partial charge < -0.3 is 14.5 Å². The van der Waals surface area contributed by atoms with Gasteiger partial charge in [0.15, 0.2) is 0 Å². The first kappa shape index (κ1) is 16.2. The van der Waals surface area contributed by atoms with Gasteiger partial charge in [0.1, 0.15) is 17.1 Å². The van der Waals surface area contributed by atoms with E-state index in [0.29, 0.717) is 24.5 Å². The van der Waals surface area contributed by atoms with Crippen LogP contribution in [0.1, 0.15) is 22.5 Å². The van der Waals surface area contributed by atoms with E-state index < -0.39 is 5.60 Å². The lowest BCUT2D eigenvalue weighted by Crippen LogP contribution is -2.62. The summed E-state index contributed by atoms with van der Waals surface area (Å²) in [5.41, 5.74) is 2.04. The van der Waals surface area contributed by atoms with E-state index in [-0.39, 0.29) is 18.4 Å². The second-order valence-corrected chi connectivity index (χ2v) is 7.37. The van der Waals surface area contributed by atoms with Crippen LogP contribution >= 0.6 is 11.3 Å². The Morgan fingerprint density at radius 2 is 2.08 bits per heavy atom. The molecule has 25 heavy (non-hydrogen) atoms. The Kier molecular flexibility index (Phi) is 4.27. The van der Waals surface area contributed by atoms with Crippen LogP contribution in [0.25, 0.3) is 0 Å². The summed E-state index contributed by atoms with van der Waals surface area (Å²) in [6.07, 6.45) is 3.31. The van der Waals surface area contributed by atoms with Gasteiger partial charge in [0, 0.05) is 12.2 Å². The minimum atomic E-state index is -0.498. The number of benzene rings is 1. The monoisotopic (exact) mass is 357 g/mol. The molecule has 6 nitrogen and oxygen atoms in total. The number of likely N-dealkylation sites (tertiary alicyclic amines) is 1. The first-order chi connectivity index (χ1) is 12.2. The summed E-state index contributed by atoms with van der Waals surface area (Å²) in [6, 6.07) is 9.64. The number of aromatic nitrogens is 1. The van der Waals surface area contributed by atoms with Gasteiger partial charge in [-0.2, -0.15) is 0 Å². The molecule has 1 spiro atoms. The predicted molar refractivity (Wildman–Crippen MR) is 94.7 cm³/mol. The van der Waals surface area contributed by atoms with E-state index in [1.807, 2.05) is 35.2 Å². The minimum Gasteiger partial charge on any atom is -0.361 e. The molecule has 0 bridgehead atoms. The molecule has 2 fully saturated rings. The lowest BCUT2D eigenvalue weighted by atomic mass is 9.90. The summed E-state index contributed by atoms with van der Waals surface area (Å²) in [7, 11) is 0. The predicted octanol–water partition coefficient (Wildman–Crippen LogP) is 2.18. The van der Waals surface area contributed by atoms with Crippen molar-refractivity contribution in [1.82, 2.24) is 9.88 Å². The quantitative estimate of drug-likeness (QED) is 0.826. The first-order valence-corrected chi connectivity index (χ1v) is 9.22. The van der Waals surface area contributed by atoms with Crippen molar-refractivity contribution in [3.8, 4) is 0 Å². The van der Waals surface area contributed by atoms with Gasteiger partial charge in [-0.1, -0.05) is 18.2 Å². The molecule has 0 aliphatic carbocycles. The third-order valence-electron chi connectivity index (χ3n) is 4.79. The molecule has 2 saturated heterocycles. The highest BCUT2D eigenvalue weighted by Gasteiger charge is 2.44. The number of para-hydroxylation sites is 1. The number of carbonyl (C=O) groups excluding carboxylic acids is 2. The number of ether oxygens (including phenoxy) is 1. The molecule has 2 amide bonds. The molecule has 2 aliphatic heterocycles. The van der Waals surface area contributed by atoms with Crippen LogP contribution in [0.2, 0.25) is 0 Å². The zero-order valence-electron chi connectivity index (χ0n) is 13.8. The summed E-state index contributed by atoms with van der Waals surface area (Å²) >= 11 is 1.35. The van der Waals surface area contributed by atoms with Crippen molar-refractivity contribution in [3.63, 3.8) is 0 Å². The van der Waals surface area contributed by atoms with E-state index in [4.69, 9.17) is 4.74 Å². The number of anilines is 1. The molecule has 2 aliphatic rings. The van der Waals surface area contributed by atoms with Crippen LogP contribution in [0.5, 0.6) is 0 Å². The Balaban J connectivity index is 1.54. The van der Waals surface area contributed by atoms with E-state index in [1.54, 1.807) is 16.6 Å². The van der Waals surface area contributed by atoms with Gasteiger partial charge in [-0.05, 0) is 25.0 Å². The van der Waals surface area contributed by atoms with Gasteiger partial charge in [-0.3, -0.25) is 14.6 Å². The summed E-state index contributed by atoms with van der Waals surface area (Å²) in [5, 5.41) is 0. The molecule has 3 heterocycles. The van der Waals surface area contributed by atoms with E-state index >= 15 is 0 Å². The van der Waals surface area contributed by atoms with Crippen molar-refractivity contribution in [2.24, 2.45) is 0 Å². The normalized spacial score (nSPS) is 23.9. The molecule has 4 rings (SSSR count).